The zero-order valence-electron chi connectivity index (χ0n) is 52.6. The van der Waals surface area contributed by atoms with Crippen molar-refractivity contribution in [3.05, 3.63) is 306 Å². The highest BCUT2D eigenvalue weighted by atomic mass is 35.5. The van der Waals surface area contributed by atoms with Crippen LogP contribution < -0.4 is 32.5 Å². The minimum absolute atomic E-state index is 0.138. The first-order valence-electron chi connectivity index (χ1n) is 31.1. The lowest BCUT2D eigenvalue weighted by Gasteiger charge is -2.15. The summed E-state index contributed by atoms with van der Waals surface area (Å²) in [4.78, 5) is 89.3. The van der Waals surface area contributed by atoms with Gasteiger partial charge in [-0.3, -0.25) is 54.2 Å². The van der Waals surface area contributed by atoms with Crippen molar-refractivity contribution in [2.75, 3.05) is 16.0 Å². The first kappa shape index (κ1) is 67.4. The number of pyridine rings is 1. The van der Waals surface area contributed by atoms with Crippen molar-refractivity contribution in [1.29, 1.82) is 0 Å². The maximum atomic E-state index is 13.3. The maximum Gasteiger partial charge on any atom is 0.286 e. The number of nitrogens with one attached hydrogen (secondary N) is 5. The minimum atomic E-state index is -0.837. The Morgan fingerprint density at radius 2 is 0.960 bits per heavy atom. The van der Waals surface area contributed by atoms with E-state index in [1.807, 2.05) is 122 Å². The first-order chi connectivity index (χ1) is 47.8. The van der Waals surface area contributed by atoms with Crippen LogP contribution in [-0.2, 0) is 38.4 Å². The predicted molar refractivity (Wildman–Crippen MR) is 385 cm³/mol. The molecule has 99 heavy (non-hydrogen) atoms. The SMILES string of the molecule is Cc1cccc(-c2ccccc2CC2N=C(c3cc(O)n(O)c(=O)c3)c3cc(Cl)ccc3NC2=O)c1.O=C(CC1=NC(Cc2ccc3ccccc3c2)C(=O)Nc2ccc(Cl)cc21)NO.O=C(NO)c1ccc(C2=NC(Cc3ccc4ccccc4c3)C(=O)Nc3ccc(Cl)cc32)cc1. The Bertz CT molecular complexity index is 5190. The first-order valence-corrected chi connectivity index (χ1v) is 32.3. The number of benzene rings is 10. The number of carbonyl (C=O) groups excluding carboxylic acids is 5. The Morgan fingerprint density at radius 3 is 1.49 bits per heavy atom. The smallest absolute Gasteiger partial charge is 0.286 e. The molecule has 0 radical (unpaired) electrons. The number of nitrogens with zero attached hydrogens (tertiary/aromatic N) is 4. The van der Waals surface area contributed by atoms with E-state index in [9.17, 15) is 39.1 Å². The Hall–Kier alpha value is -11.6. The van der Waals surface area contributed by atoms with Crippen LogP contribution in [0.2, 0.25) is 15.1 Å². The monoisotopic (exact) mass is 1380 g/mol. The number of carbonyl (C=O) groups is 5. The van der Waals surface area contributed by atoms with Crippen LogP contribution in [0.25, 0.3) is 32.7 Å². The van der Waals surface area contributed by atoms with Gasteiger partial charge < -0.3 is 26.3 Å². The minimum Gasteiger partial charge on any atom is -0.492 e. The van der Waals surface area contributed by atoms with Crippen LogP contribution in [0.4, 0.5) is 17.1 Å². The molecule has 5 amide bonds. The Kier molecular flexibility index (Phi) is 20.3. The number of aryl methyl sites for hydroxylation is 1. The van der Waals surface area contributed by atoms with Gasteiger partial charge in [0.25, 0.3) is 11.5 Å². The van der Waals surface area contributed by atoms with E-state index in [0.717, 1.165) is 66.6 Å². The number of hydrogen-bond donors (Lipinski definition) is 9. The van der Waals surface area contributed by atoms with Crippen molar-refractivity contribution in [2.45, 2.75) is 50.7 Å². The number of fused-ring (bicyclic) bond motifs is 5. The Balaban J connectivity index is 0.000000142. The van der Waals surface area contributed by atoms with Gasteiger partial charge in [-0.05, 0) is 123 Å². The molecule has 0 saturated heterocycles. The van der Waals surface area contributed by atoms with Gasteiger partial charge >= 0.3 is 0 Å². The number of rotatable bonds is 12. The van der Waals surface area contributed by atoms with Crippen LogP contribution in [0, 0.1) is 6.92 Å². The van der Waals surface area contributed by atoms with Crippen LogP contribution in [0.3, 0.4) is 0 Å². The summed E-state index contributed by atoms with van der Waals surface area (Å²) in [6.45, 7) is 2.03. The van der Waals surface area contributed by atoms with Crippen LogP contribution in [0.1, 0.15) is 66.8 Å². The second-order valence-corrected chi connectivity index (χ2v) is 24.9. The highest BCUT2D eigenvalue weighted by Gasteiger charge is 2.31. The van der Waals surface area contributed by atoms with Crippen molar-refractivity contribution in [3.8, 4) is 17.0 Å². The van der Waals surface area contributed by atoms with Gasteiger partial charge in [0, 0.05) is 85.5 Å². The van der Waals surface area contributed by atoms with Gasteiger partial charge in [-0.25, -0.2) is 11.0 Å². The third kappa shape index (κ3) is 15.6. The van der Waals surface area contributed by atoms with Gasteiger partial charge in [0.2, 0.25) is 29.5 Å². The summed E-state index contributed by atoms with van der Waals surface area (Å²) in [6, 6.07) is 66.2. The molecule has 0 bridgehead atoms. The molecule has 3 unspecified atom stereocenters. The van der Waals surface area contributed by atoms with Gasteiger partial charge in [-0.1, -0.05) is 186 Å². The molecule has 0 saturated carbocycles. The average molecular weight is 1380 g/mol. The van der Waals surface area contributed by atoms with Crippen molar-refractivity contribution in [2.24, 2.45) is 15.0 Å². The fourth-order valence-electron chi connectivity index (χ4n) is 12.0. The van der Waals surface area contributed by atoms with E-state index < -0.39 is 41.4 Å². The normalized spacial score (nSPS) is 15.3. The maximum absolute atomic E-state index is 13.3. The number of halogens is 3. The summed E-state index contributed by atoms with van der Waals surface area (Å²) in [7, 11) is 0. The fraction of sp³-hybridized carbons (Fsp3) is 0.104. The van der Waals surface area contributed by atoms with Crippen LogP contribution in [-0.4, -0.2) is 90.3 Å². The quantitative estimate of drug-likeness (QED) is 0.0317. The second-order valence-electron chi connectivity index (χ2n) is 23.6. The van der Waals surface area contributed by atoms with Gasteiger partial charge in [-0.15, -0.1) is 4.73 Å². The van der Waals surface area contributed by atoms with Gasteiger partial charge in [0.05, 0.1) is 34.9 Å². The van der Waals surface area contributed by atoms with E-state index in [1.54, 1.807) is 89.8 Å². The van der Waals surface area contributed by atoms with E-state index in [2.05, 4.69) is 39.1 Å². The molecule has 14 rings (SSSR count). The molecule has 1 aromatic heterocycles. The summed E-state index contributed by atoms with van der Waals surface area (Å²) < 4.78 is 0.138. The summed E-state index contributed by atoms with van der Waals surface area (Å²) in [5.41, 5.74) is 14.4. The topological polar surface area (TPSA) is 285 Å². The standard InChI is InChI=1S/C28H22ClN3O4.C27H20ClN3O3.C22H18ClN3O3/c1-16-5-4-7-17(11-16)21-8-3-2-6-18(21)12-24-28(35)31-23-10-9-20(29)15-22(23)27(30-24)19-13-25(33)32(36)26(34)14-19;28-21-11-12-23-22(15-21)25(18-7-9-19(10-8-18)26(32)31-34)29-24(27(33)30-23)14-16-5-6-17-3-1-2-4-20(17)13-16;23-16-7-8-18-17(11-16)19(12-21(27)26-29)24-20(22(28)25-18)10-13-5-6-14-3-1-2-4-15(14)9-13/h2-11,13-15,24,33,36H,12H2,1H3,(H,31,35);1-13,15,24,34H,14H2,(H,30,33)(H,31,32);1-9,11,20,29H,10,12H2,(H,25,28)(H,26,27). The molecule has 11 aromatic rings. The number of benzodiazepines with no additional fused rings is 3. The zero-order valence-corrected chi connectivity index (χ0v) is 54.9. The molecule has 4 heterocycles. The van der Waals surface area contributed by atoms with Crippen molar-refractivity contribution < 1.29 is 44.7 Å². The molecule has 3 aliphatic rings. The Morgan fingerprint density at radius 1 is 0.465 bits per heavy atom. The third-order valence-corrected chi connectivity index (χ3v) is 17.5. The van der Waals surface area contributed by atoms with E-state index in [0.29, 0.717) is 90.8 Å². The largest absolute Gasteiger partial charge is 0.492 e. The van der Waals surface area contributed by atoms with E-state index in [-0.39, 0.29) is 34.4 Å². The number of hydrogen-bond acceptors (Lipinski definition) is 13. The van der Waals surface area contributed by atoms with Crippen molar-refractivity contribution in [1.82, 2.24) is 15.7 Å². The number of hydroxylamine groups is 2. The fourth-order valence-corrected chi connectivity index (χ4v) is 12.5. The highest BCUT2D eigenvalue weighted by molar-refractivity contribution is 6.33. The molecular weight excluding hydrogens is 1320 g/mol. The number of anilines is 3. The molecule has 9 N–H and O–H groups in total. The summed E-state index contributed by atoms with van der Waals surface area (Å²) in [6.07, 6.45) is 0.923. The molecule has 0 spiro atoms. The molecule has 3 atom stereocenters. The third-order valence-electron chi connectivity index (χ3n) is 16.8. The van der Waals surface area contributed by atoms with Crippen LogP contribution in [0.15, 0.2) is 244 Å². The van der Waals surface area contributed by atoms with Crippen LogP contribution >= 0.6 is 34.8 Å². The number of aromatic hydroxyl groups is 1. The summed E-state index contributed by atoms with van der Waals surface area (Å²) in [5.74, 6) is -2.65. The summed E-state index contributed by atoms with van der Waals surface area (Å²) >= 11 is 18.6. The molecule has 10 aromatic carbocycles. The number of aromatic nitrogens is 1. The lowest BCUT2D eigenvalue weighted by Crippen LogP contribution is -2.28. The molecule has 22 heteroatoms. The highest BCUT2D eigenvalue weighted by Crippen LogP contribution is 2.34. The van der Waals surface area contributed by atoms with E-state index in [1.165, 1.54) is 6.07 Å². The van der Waals surface area contributed by atoms with Crippen molar-refractivity contribution in [3.63, 3.8) is 0 Å². The molecule has 0 aliphatic carbocycles. The second kappa shape index (κ2) is 29.8. The molecule has 19 nitrogen and oxygen atoms in total. The molecule has 494 valence electrons. The van der Waals surface area contributed by atoms with Crippen molar-refractivity contribution >= 4 is 120 Å². The van der Waals surface area contributed by atoms with Gasteiger partial charge in [0.15, 0.2) is 0 Å². The van der Waals surface area contributed by atoms with Crippen LogP contribution in [0.5, 0.6) is 5.88 Å². The number of aliphatic imine (C=N–C) groups is 3. The molecular formula is C77H60Cl3N9O10. The molecule has 0 fully saturated rings. The Labute approximate surface area is 581 Å². The molecule has 3 aliphatic heterocycles. The van der Waals surface area contributed by atoms with E-state index in [4.69, 9.17) is 55.2 Å². The zero-order chi connectivity index (χ0) is 69.4. The average Bonchev–Trinajstić information content (AvgIpc) is 1.71. The summed E-state index contributed by atoms with van der Waals surface area (Å²) in [5, 5.41) is 52.2. The predicted octanol–water partition coefficient (Wildman–Crippen LogP) is 13.6. The van der Waals surface area contributed by atoms with Gasteiger partial charge in [0.1, 0.15) is 18.1 Å². The lowest BCUT2D eigenvalue weighted by atomic mass is 9.94. The van der Waals surface area contributed by atoms with Gasteiger partial charge in [-0.2, -0.15) is 0 Å². The van der Waals surface area contributed by atoms with E-state index >= 15 is 0 Å². The number of amides is 5. The lowest BCUT2D eigenvalue weighted by molar-refractivity contribution is -0.128.